The van der Waals surface area contributed by atoms with E-state index in [-0.39, 0.29) is 10.9 Å². The van der Waals surface area contributed by atoms with Crippen molar-refractivity contribution < 1.29 is 5.11 Å². The number of halogens is 2. The van der Waals surface area contributed by atoms with E-state index in [0.717, 1.165) is 5.56 Å². The predicted octanol–water partition coefficient (Wildman–Crippen LogP) is 3.09. The number of aromatic amines is 1. The standard InChI is InChI=1S/C9H6Cl2N2O/c10-6-3-1-5(2-4-6)8-7(11)9(14)13-12-8/h1-4H,(H2,12,13,14). The Labute approximate surface area is 90.3 Å². The van der Waals surface area contributed by atoms with Gasteiger partial charge in [-0.1, -0.05) is 35.3 Å². The van der Waals surface area contributed by atoms with Crippen molar-refractivity contribution in [3.05, 3.63) is 34.3 Å². The van der Waals surface area contributed by atoms with Crippen LogP contribution >= 0.6 is 23.2 Å². The molecule has 5 heteroatoms. The Morgan fingerprint density at radius 3 is 2.29 bits per heavy atom. The van der Waals surface area contributed by atoms with Crippen LogP contribution in [0.4, 0.5) is 0 Å². The molecule has 0 atom stereocenters. The van der Waals surface area contributed by atoms with Crippen molar-refractivity contribution in [2.24, 2.45) is 0 Å². The Hall–Kier alpha value is -1.19. The van der Waals surface area contributed by atoms with Crippen LogP contribution < -0.4 is 0 Å². The molecule has 1 aromatic heterocycles. The van der Waals surface area contributed by atoms with Crippen molar-refractivity contribution in [3.8, 4) is 17.1 Å². The summed E-state index contributed by atoms with van der Waals surface area (Å²) in [4.78, 5) is 0. The first-order valence-corrected chi connectivity index (χ1v) is 4.63. The maximum atomic E-state index is 9.16. The molecule has 0 bridgehead atoms. The van der Waals surface area contributed by atoms with Crippen LogP contribution in [0, 0.1) is 0 Å². The molecular weight excluding hydrogens is 223 g/mol. The number of hydrogen-bond donors (Lipinski definition) is 2. The van der Waals surface area contributed by atoms with Crippen LogP contribution in [0.2, 0.25) is 10.0 Å². The number of rotatable bonds is 1. The molecule has 0 unspecified atom stereocenters. The molecule has 14 heavy (non-hydrogen) atoms. The van der Waals surface area contributed by atoms with Gasteiger partial charge in [-0.05, 0) is 12.1 Å². The number of benzene rings is 1. The fourth-order valence-corrected chi connectivity index (χ4v) is 1.45. The van der Waals surface area contributed by atoms with Crippen molar-refractivity contribution in [1.29, 1.82) is 0 Å². The Morgan fingerprint density at radius 2 is 1.79 bits per heavy atom. The van der Waals surface area contributed by atoms with Gasteiger partial charge in [-0.25, -0.2) is 0 Å². The summed E-state index contributed by atoms with van der Waals surface area (Å²) in [5.41, 5.74) is 1.41. The summed E-state index contributed by atoms with van der Waals surface area (Å²) in [6.07, 6.45) is 0. The zero-order valence-electron chi connectivity index (χ0n) is 6.96. The molecule has 1 heterocycles. The van der Waals surface area contributed by atoms with E-state index < -0.39 is 0 Å². The first-order chi connectivity index (χ1) is 6.68. The van der Waals surface area contributed by atoms with E-state index in [1.807, 2.05) is 0 Å². The van der Waals surface area contributed by atoms with E-state index in [1.54, 1.807) is 24.3 Å². The second-order valence-corrected chi connectivity index (χ2v) is 3.56. The third-order valence-corrected chi connectivity index (χ3v) is 2.43. The Bertz CT molecular complexity index is 450. The molecule has 72 valence electrons. The number of H-pyrrole nitrogens is 1. The molecule has 2 rings (SSSR count). The Morgan fingerprint density at radius 1 is 1.14 bits per heavy atom. The van der Waals surface area contributed by atoms with Crippen LogP contribution in [-0.4, -0.2) is 15.3 Å². The smallest absolute Gasteiger partial charge is 0.249 e. The van der Waals surface area contributed by atoms with Gasteiger partial charge in [0, 0.05) is 10.6 Å². The number of nitrogens with one attached hydrogen (secondary N) is 1. The summed E-state index contributed by atoms with van der Waals surface area (Å²) < 4.78 is 0. The quantitative estimate of drug-likeness (QED) is 0.789. The highest BCUT2D eigenvalue weighted by Gasteiger charge is 2.10. The maximum Gasteiger partial charge on any atom is 0.249 e. The van der Waals surface area contributed by atoms with Gasteiger partial charge in [0.25, 0.3) is 0 Å². The summed E-state index contributed by atoms with van der Waals surface area (Å²) in [5.74, 6) is -0.198. The van der Waals surface area contributed by atoms with E-state index in [4.69, 9.17) is 28.3 Å². The van der Waals surface area contributed by atoms with Crippen LogP contribution in [0.25, 0.3) is 11.3 Å². The molecule has 0 saturated carbocycles. The summed E-state index contributed by atoms with van der Waals surface area (Å²) in [6.45, 7) is 0. The van der Waals surface area contributed by atoms with Crippen molar-refractivity contribution >= 4 is 23.2 Å². The summed E-state index contributed by atoms with van der Waals surface area (Å²) in [7, 11) is 0. The monoisotopic (exact) mass is 228 g/mol. The lowest BCUT2D eigenvalue weighted by Gasteiger charge is -1.97. The van der Waals surface area contributed by atoms with Crippen LogP contribution in [0.5, 0.6) is 5.88 Å². The average Bonchev–Trinajstić information content (AvgIpc) is 2.50. The second kappa shape index (κ2) is 3.52. The van der Waals surface area contributed by atoms with Crippen molar-refractivity contribution in [1.82, 2.24) is 10.2 Å². The van der Waals surface area contributed by atoms with Crippen molar-refractivity contribution in [2.45, 2.75) is 0 Å². The van der Waals surface area contributed by atoms with Gasteiger partial charge in [-0.2, -0.15) is 0 Å². The van der Waals surface area contributed by atoms with Crippen LogP contribution in [-0.2, 0) is 0 Å². The average molecular weight is 229 g/mol. The second-order valence-electron chi connectivity index (χ2n) is 2.74. The molecule has 0 aliphatic heterocycles. The highest BCUT2D eigenvalue weighted by molar-refractivity contribution is 6.34. The van der Waals surface area contributed by atoms with E-state index in [1.165, 1.54) is 0 Å². The molecule has 2 N–H and O–H groups in total. The van der Waals surface area contributed by atoms with Gasteiger partial charge in [0.15, 0.2) is 0 Å². The minimum Gasteiger partial charge on any atom is -0.491 e. The molecule has 3 nitrogen and oxygen atoms in total. The molecule has 0 spiro atoms. The third kappa shape index (κ3) is 1.56. The van der Waals surface area contributed by atoms with Crippen LogP contribution in [0.15, 0.2) is 24.3 Å². The van der Waals surface area contributed by atoms with Crippen molar-refractivity contribution in [3.63, 3.8) is 0 Å². The number of aromatic nitrogens is 2. The van der Waals surface area contributed by atoms with E-state index in [9.17, 15) is 0 Å². The fraction of sp³-hybridized carbons (Fsp3) is 0. The van der Waals surface area contributed by atoms with Gasteiger partial charge in [-0.15, -0.1) is 5.10 Å². The van der Waals surface area contributed by atoms with Crippen molar-refractivity contribution in [2.75, 3.05) is 0 Å². The van der Waals surface area contributed by atoms with E-state index >= 15 is 0 Å². The van der Waals surface area contributed by atoms with Gasteiger partial charge < -0.3 is 5.11 Å². The normalized spacial score (nSPS) is 10.4. The van der Waals surface area contributed by atoms with E-state index in [0.29, 0.717) is 10.7 Å². The van der Waals surface area contributed by atoms with E-state index in [2.05, 4.69) is 10.2 Å². The predicted molar refractivity (Wildman–Crippen MR) is 55.7 cm³/mol. The molecule has 0 fully saturated rings. The lowest BCUT2D eigenvalue weighted by atomic mass is 10.1. The summed E-state index contributed by atoms with van der Waals surface area (Å²) >= 11 is 11.5. The van der Waals surface area contributed by atoms with Gasteiger partial charge in [0.1, 0.15) is 5.02 Å². The minimum absolute atomic E-state index is 0.198. The molecule has 0 aliphatic carbocycles. The highest BCUT2D eigenvalue weighted by atomic mass is 35.5. The highest BCUT2D eigenvalue weighted by Crippen LogP contribution is 2.32. The first-order valence-electron chi connectivity index (χ1n) is 3.87. The zero-order valence-corrected chi connectivity index (χ0v) is 8.47. The fourth-order valence-electron chi connectivity index (χ4n) is 1.13. The third-order valence-electron chi connectivity index (χ3n) is 1.82. The Balaban J connectivity index is 2.49. The van der Waals surface area contributed by atoms with Crippen LogP contribution in [0.3, 0.4) is 0 Å². The molecule has 1 aromatic carbocycles. The lowest BCUT2D eigenvalue weighted by molar-refractivity contribution is 0.452. The van der Waals surface area contributed by atoms with Gasteiger partial charge >= 0.3 is 0 Å². The van der Waals surface area contributed by atoms with Gasteiger partial charge in [0.05, 0.1) is 5.69 Å². The molecular formula is C9H6Cl2N2O. The summed E-state index contributed by atoms with van der Waals surface area (Å²) in [5, 5.41) is 16.2. The Kier molecular flexibility index (Phi) is 2.35. The molecule has 0 saturated heterocycles. The topological polar surface area (TPSA) is 48.9 Å². The van der Waals surface area contributed by atoms with Gasteiger partial charge in [-0.3, -0.25) is 5.10 Å². The number of hydrogen-bond acceptors (Lipinski definition) is 2. The number of aromatic hydroxyl groups is 1. The lowest BCUT2D eigenvalue weighted by Crippen LogP contribution is -1.77. The maximum absolute atomic E-state index is 9.16. The summed E-state index contributed by atoms with van der Waals surface area (Å²) in [6, 6.07) is 7.07. The molecule has 0 aliphatic rings. The molecule has 0 amide bonds. The molecule has 0 radical (unpaired) electrons. The first kappa shape index (κ1) is 9.37. The largest absolute Gasteiger partial charge is 0.491 e. The molecule has 2 aromatic rings. The minimum atomic E-state index is -0.198. The zero-order chi connectivity index (χ0) is 10.1. The number of nitrogens with zero attached hydrogens (tertiary/aromatic N) is 1. The van der Waals surface area contributed by atoms with Crippen LogP contribution in [0.1, 0.15) is 0 Å². The van der Waals surface area contributed by atoms with Gasteiger partial charge in [0.2, 0.25) is 5.88 Å². The SMILES string of the molecule is Oc1n[nH]c(-c2ccc(Cl)cc2)c1Cl.